The van der Waals surface area contributed by atoms with Crippen LogP contribution < -0.4 is 0 Å². The van der Waals surface area contributed by atoms with Gasteiger partial charge in [0.05, 0.1) is 0 Å². The molecule has 0 bridgehead atoms. The zero-order valence-electron chi connectivity index (χ0n) is 11.0. The van der Waals surface area contributed by atoms with Crippen molar-refractivity contribution in [3.8, 4) is 0 Å². The molecule has 88 valence electrons. The minimum Gasteiger partial charge on any atom is -0.103 e. The summed E-state index contributed by atoms with van der Waals surface area (Å²) in [5.41, 5.74) is 0. The molecule has 0 aromatic carbocycles. The molecule has 3 atom stereocenters. The minimum atomic E-state index is 0.712. The fourth-order valence-corrected chi connectivity index (χ4v) is 1.54. The predicted octanol–water partition coefficient (Wildman–Crippen LogP) is 5.22. The molecular formula is C15H28. The molecule has 0 amide bonds. The zero-order chi connectivity index (χ0) is 11.7. The quantitative estimate of drug-likeness (QED) is 0.379. The van der Waals surface area contributed by atoms with Gasteiger partial charge in [-0.2, -0.15) is 0 Å². The molecule has 0 N–H and O–H groups in total. The van der Waals surface area contributed by atoms with Crippen LogP contribution in [0.25, 0.3) is 0 Å². The Kier molecular flexibility index (Phi) is 8.46. The highest BCUT2D eigenvalue weighted by molar-refractivity contribution is 4.91. The number of rotatable bonds is 8. The molecule has 15 heavy (non-hydrogen) atoms. The van der Waals surface area contributed by atoms with Crippen molar-refractivity contribution in [2.75, 3.05) is 0 Å². The highest BCUT2D eigenvalue weighted by Gasteiger charge is 2.08. The van der Waals surface area contributed by atoms with Crippen molar-refractivity contribution in [2.45, 2.75) is 53.4 Å². The van der Waals surface area contributed by atoms with Gasteiger partial charge in [0.25, 0.3) is 0 Å². The maximum absolute atomic E-state index is 3.76. The van der Waals surface area contributed by atoms with Crippen molar-refractivity contribution >= 4 is 0 Å². The van der Waals surface area contributed by atoms with Gasteiger partial charge in [-0.15, -0.1) is 6.58 Å². The first-order valence-corrected chi connectivity index (χ1v) is 6.41. The molecule has 0 spiro atoms. The molecule has 0 saturated heterocycles. The van der Waals surface area contributed by atoms with Crippen LogP contribution in [0.1, 0.15) is 53.4 Å². The largest absolute Gasteiger partial charge is 0.103 e. The minimum absolute atomic E-state index is 0.712. The van der Waals surface area contributed by atoms with Gasteiger partial charge in [0.2, 0.25) is 0 Å². The van der Waals surface area contributed by atoms with Crippen LogP contribution in [0.2, 0.25) is 0 Å². The van der Waals surface area contributed by atoms with Gasteiger partial charge >= 0.3 is 0 Å². The van der Waals surface area contributed by atoms with Gasteiger partial charge in [-0.05, 0) is 37.0 Å². The van der Waals surface area contributed by atoms with E-state index < -0.39 is 0 Å². The van der Waals surface area contributed by atoms with Gasteiger partial charge in [0, 0.05) is 0 Å². The Hall–Kier alpha value is -0.520. The second kappa shape index (κ2) is 8.76. The van der Waals surface area contributed by atoms with Crippen molar-refractivity contribution in [3.05, 3.63) is 24.8 Å². The molecule has 0 nitrogen and oxygen atoms in total. The molecule has 3 unspecified atom stereocenters. The van der Waals surface area contributed by atoms with E-state index in [4.69, 9.17) is 0 Å². The van der Waals surface area contributed by atoms with Crippen LogP contribution in [-0.4, -0.2) is 0 Å². The first kappa shape index (κ1) is 14.5. The fraction of sp³-hybridized carbons (Fsp3) is 0.733. The maximum atomic E-state index is 3.76. The van der Waals surface area contributed by atoms with E-state index in [1.165, 1.54) is 19.3 Å². The summed E-state index contributed by atoms with van der Waals surface area (Å²) >= 11 is 0. The van der Waals surface area contributed by atoms with E-state index >= 15 is 0 Å². The van der Waals surface area contributed by atoms with Crippen LogP contribution in [0, 0.1) is 17.8 Å². The van der Waals surface area contributed by atoms with E-state index in [0.717, 1.165) is 18.3 Å². The molecule has 0 saturated carbocycles. The zero-order valence-corrected chi connectivity index (χ0v) is 11.0. The Balaban J connectivity index is 3.81. The lowest BCUT2D eigenvalue weighted by Gasteiger charge is -2.16. The van der Waals surface area contributed by atoms with Crippen molar-refractivity contribution in [2.24, 2.45) is 17.8 Å². The summed E-state index contributed by atoms with van der Waals surface area (Å²) in [6, 6.07) is 0. The summed E-state index contributed by atoms with van der Waals surface area (Å²) in [5.74, 6) is 2.24. The van der Waals surface area contributed by atoms with Crippen LogP contribution >= 0.6 is 0 Å². The van der Waals surface area contributed by atoms with Crippen LogP contribution in [0.15, 0.2) is 24.8 Å². The normalized spacial score (nSPS) is 17.6. The lowest BCUT2D eigenvalue weighted by atomic mass is 9.90. The van der Waals surface area contributed by atoms with Gasteiger partial charge in [-0.1, -0.05) is 52.3 Å². The first-order valence-electron chi connectivity index (χ1n) is 6.41. The third kappa shape index (κ3) is 7.41. The predicted molar refractivity (Wildman–Crippen MR) is 71.0 cm³/mol. The van der Waals surface area contributed by atoms with E-state index in [0.29, 0.717) is 5.92 Å². The fourth-order valence-electron chi connectivity index (χ4n) is 1.54. The standard InChI is InChI=1S/C15H28/c1-6-8-9-10-14(4)15(5)12-11-13(3)7-2/h6,11-15H,1,7-10H2,2-5H3. The molecule has 0 heterocycles. The van der Waals surface area contributed by atoms with Gasteiger partial charge < -0.3 is 0 Å². The number of hydrogen-bond acceptors (Lipinski definition) is 0. The molecule has 0 aromatic rings. The number of hydrogen-bond donors (Lipinski definition) is 0. The average Bonchev–Trinajstić information content (AvgIpc) is 2.25. The van der Waals surface area contributed by atoms with Gasteiger partial charge in [-0.3, -0.25) is 0 Å². The maximum Gasteiger partial charge on any atom is -0.0236 e. The molecular weight excluding hydrogens is 180 g/mol. The van der Waals surface area contributed by atoms with Crippen molar-refractivity contribution in [1.29, 1.82) is 0 Å². The molecule has 0 radical (unpaired) electrons. The van der Waals surface area contributed by atoms with Gasteiger partial charge in [-0.25, -0.2) is 0 Å². The molecule has 0 aromatic heterocycles. The molecule has 0 aliphatic carbocycles. The highest BCUT2D eigenvalue weighted by atomic mass is 14.1. The molecule has 0 rings (SSSR count). The van der Waals surface area contributed by atoms with Gasteiger partial charge in [0.15, 0.2) is 0 Å². The van der Waals surface area contributed by atoms with Gasteiger partial charge in [0.1, 0.15) is 0 Å². The first-order chi connectivity index (χ1) is 7.11. The summed E-state index contributed by atoms with van der Waals surface area (Å²) < 4.78 is 0. The Labute approximate surface area is 96.5 Å². The Bertz CT molecular complexity index is 178. The van der Waals surface area contributed by atoms with E-state index in [1.807, 2.05) is 6.08 Å². The SMILES string of the molecule is C=CCCCC(C)C(C)C=CC(C)CC. The summed E-state index contributed by atoms with van der Waals surface area (Å²) in [6.45, 7) is 13.0. The molecule has 0 aliphatic rings. The summed E-state index contributed by atoms with van der Waals surface area (Å²) in [7, 11) is 0. The number of allylic oxidation sites excluding steroid dienone is 3. The topological polar surface area (TPSA) is 0 Å². The Morgan fingerprint density at radius 1 is 1.13 bits per heavy atom. The van der Waals surface area contributed by atoms with Crippen LogP contribution in [0.5, 0.6) is 0 Å². The highest BCUT2D eigenvalue weighted by Crippen LogP contribution is 2.20. The van der Waals surface area contributed by atoms with Crippen LogP contribution in [-0.2, 0) is 0 Å². The summed E-state index contributed by atoms with van der Waals surface area (Å²) in [6.07, 6.45) is 11.8. The number of unbranched alkanes of at least 4 members (excludes halogenated alkanes) is 1. The smallest absolute Gasteiger partial charge is 0.0236 e. The van der Waals surface area contributed by atoms with E-state index in [9.17, 15) is 0 Å². The van der Waals surface area contributed by atoms with E-state index in [1.54, 1.807) is 0 Å². The molecule has 0 fully saturated rings. The van der Waals surface area contributed by atoms with Crippen molar-refractivity contribution < 1.29 is 0 Å². The Morgan fingerprint density at radius 2 is 1.80 bits per heavy atom. The van der Waals surface area contributed by atoms with E-state index in [2.05, 4.69) is 46.4 Å². The third-order valence-electron chi connectivity index (χ3n) is 3.35. The lowest BCUT2D eigenvalue weighted by Crippen LogP contribution is -2.05. The van der Waals surface area contributed by atoms with Crippen LogP contribution in [0.3, 0.4) is 0 Å². The third-order valence-corrected chi connectivity index (χ3v) is 3.35. The summed E-state index contributed by atoms with van der Waals surface area (Å²) in [4.78, 5) is 0. The molecule has 0 heteroatoms. The lowest BCUT2D eigenvalue weighted by molar-refractivity contribution is 0.415. The van der Waals surface area contributed by atoms with Crippen molar-refractivity contribution in [3.63, 3.8) is 0 Å². The monoisotopic (exact) mass is 208 g/mol. The second-order valence-corrected chi connectivity index (χ2v) is 4.83. The van der Waals surface area contributed by atoms with E-state index in [-0.39, 0.29) is 0 Å². The summed E-state index contributed by atoms with van der Waals surface area (Å²) in [5, 5.41) is 0. The van der Waals surface area contributed by atoms with Crippen LogP contribution in [0.4, 0.5) is 0 Å². The second-order valence-electron chi connectivity index (χ2n) is 4.83. The average molecular weight is 208 g/mol. The van der Waals surface area contributed by atoms with Crippen molar-refractivity contribution in [1.82, 2.24) is 0 Å². The Morgan fingerprint density at radius 3 is 2.33 bits per heavy atom. The molecule has 0 aliphatic heterocycles.